The van der Waals surface area contributed by atoms with Gasteiger partial charge in [-0.05, 0) is 12.8 Å². The monoisotopic (exact) mass is 241 g/mol. The van der Waals surface area contributed by atoms with E-state index in [-0.39, 0.29) is 30.9 Å². The van der Waals surface area contributed by atoms with Gasteiger partial charge < -0.3 is 15.1 Å². The van der Waals surface area contributed by atoms with Crippen molar-refractivity contribution >= 4 is 11.9 Å². The molecule has 0 radical (unpaired) electrons. The minimum atomic E-state index is -0.891. The predicted molar refractivity (Wildman–Crippen MR) is 60.3 cm³/mol. The Labute approximate surface area is 100 Å². The zero-order chi connectivity index (χ0) is 12.4. The van der Waals surface area contributed by atoms with Crippen molar-refractivity contribution in [2.24, 2.45) is 11.8 Å². The second kappa shape index (κ2) is 5.04. The molecule has 96 valence electrons. The van der Waals surface area contributed by atoms with Crippen LogP contribution in [0, 0.1) is 11.8 Å². The molecule has 5 nitrogen and oxygen atoms in total. The molecular weight excluding hydrogens is 222 g/mol. The molecule has 0 aromatic carbocycles. The maximum absolute atomic E-state index is 11.8. The molecule has 2 rings (SSSR count). The first kappa shape index (κ1) is 12.4. The molecule has 2 aliphatic rings. The van der Waals surface area contributed by atoms with Gasteiger partial charge in [0.25, 0.3) is 0 Å². The van der Waals surface area contributed by atoms with Gasteiger partial charge in [0, 0.05) is 31.5 Å². The number of carbonyl (C=O) groups excluding carboxylic acids is 1. The van der Waals surface area contributed by atoms with Gasteiger partial charge >= 0.3 is 5.97 Å². The summed E-state index contributed by atoms with van der Waals surface area (Å²) in [6, 6.07) is 0.0469. The molecule has 2 N–H and O–H groups in total. The molecule has 1 saturated carbocycles. The first-order valence-electron chi connectivity index (χ1n) is 6.26. The Hall–Kier alpha value is -1.10. The molecule has 1 saturated heterocycles. The van der Waals surface area contributed by atoms with E-state index in [0.29, 0.717) is 6.54 Å². The minimum absolute atomic E-state index is 0.0469. The van der Waals surface area contributed by atoms with Crippen molar-refractivity contribution in [3.8, 4) is 0 Å². The number of carboxylic acids is 1. The Balaban J connectivity index is 2.05. The van der Waals surface area contributed by atoms with Crippen LogP contribution in [0.4, 0.5) is 0 Å². The fourth-order valence-electron chi connectivity index (χ4n) is 3.03. The van der Waals surface area contributed by atoms with Crippen molar-refractivity contribution in [1.29, 1.82) is 0 Å². The molecule has 0 spiro atoms. The smallest absolute Gasteiger partial charge is 0.308 e. The maximum atomic E-state index is 11.8. The highest BCUT2D eigenvalue weighted by atomic mass is 16.4. The number of carbonyl (C=O) groups is 2. The summed E-state index contributed by atoms with van der Waals surface area (Å²) < 4.78 is 0. The molecule has 17 heavy (non-hydrogen) atoms. The van der Waals surface area contributed by atoms with Gasteiger partial charge in [-0.2, -0.15) is 0 Å². The van der Waals surface area contributed by atoms with Crippen LogP contribution in [-0.2, 0) is 9.59 Å². The minimum Gasteiger partial charge on any atom is -0.481 e. The quantitative estimate of drug-likeness (QED) is 0.753. The standard InChI is InChI=1S/C12H19NO4/c14-7-8-3-1-2-4-10(8)13-6-9(12(16)17)5-11(13)15/h8-10,14H,1-7H2,(H,16,17). The molecule has 1 aliphatic carbocycles. The largest absolute Gasteiger partial charge is 0.481 e. The van der Waals surface area contributed by atoms with E-state index in [1.54, 1.807) is 4.90 Å². The zero-order valence-corrected chi connectivity index (χ0v) is 9.84. The average molecular weight is 241 g/mol. The van der Waals surface area contributed by atoms with E-state index in [2.05, 4.69) is 0 Å². The van der Waals surface area contributed by atoms with Gasteiger partial charge in [-0.1, -0.05) is 12.8 Å². The molecule has 3 atom stereocenters. The lowest BCUT2D eigenvalue weighted by Crippen LogP contribution is -2.44. The predicted octanol–water partition coefficient (Wildman–Crippen LogP) is 0.471. The maximum Gasteiger partial charge on any atom is 0.308 e. The summed E-state index contributed by atoms with van der Waals surface area (Å²) in [7, 11) is 0. The zero-order valence-electron chi connectivity index (χ0n) is 9.84. The van der Waals surface area contributed by atoms with Crippen LogP contribution in [0.25, 0.3) is 0 Å². The molecular formula is C12H19NO4. The van der Waals surface area contributed by atoms with Crippen molar-refractivity contribution < 1.29 is 19.8 Å². The molecule has 0 aromatic rings. The van der Waals surface area contributed by atoms with Crippen molar-refractivity contribution in [3.05, 3.63) is 0 Å². The third-order valence-electron chi connectivity index (χ3n) is 4.01. The number of amides is 1. The molecule has 3 unspecified atom stereocenters. The van der Waals surface area contributed by atoms with E-state index < -0.39 is 11.9 Å². The number of aliphatic hydroxyl groups excluding tert-OH is 1. The number of nitrogens with zero attached hydrogens (tertiary/aromatic N) is 1. The van der Waals surface area contributed by atoms with Crippen LogP contribution in [0.5, 0.6) is 0 Å². The molecule has 0 aromatic heterocycles. The average Bonchev–Trinajstić information content (AvgIpc) is 2.71. The van der Waals surface area contributed by atoms with Crippen LogP contribution in [-0.4, -0.2) is 46.2 Å². The number of aliphatic hydroxyl groups is 1. The van der Waals surface area contributed by atoms with E-state index >= 15 is 0 Å². The van der Waals surface area contributed by atoms with Gasteiger partial charge in [0.1, 0.15) is 0 Å². The molecule has 1 heterocycles. The van der Waals surface area contributed by atoms with Gasteiger partial charge in [-0.15, -0.1) is 0 Å². The Bertz CT molecular complexity index is 318. The second-order valence-electron chi connectivity index (χ2n) is 5.08. The van der Waals surface area contributed by atoms with Gasteiger partial charge in [0.15, 0.2) is 0 Å². The first-order chi connectivity index (χ1) is 8.13. The van der Waals surface area contributed by atoms with Crippen LogP contribution in [0.2, 0.25) is 0 Å². The number of rotatable bonds is 3. The summed E-state index contributed by atoms with van der Waals surface area (Å²) in [5.41, 5.74) is 0. The van der Waals surface area contributed by atoms with Crippen molar-refractivity contribution in [2.75, 3.05) is 13.2 Å². The summed E-state index contributed by atoms with van der Waals surface area (Å²) in [4.78, 5) is 24.4. The fourth-order valence-corrected chi connectivity index (χ4v) is 3.03. The van der Waals surface area contributed by atoms with Crippen LogP contribution < -0.4 is 0 Å². The third kappa shape index (κ3) is 2.44. The highest BCUT2D eigenvalue weighted by Crippen LogP contribution is 2.32. The highest BCUT2D eigenvalue weighted by Gasteiger charge is 2.40. The summed E-state index contributed by atoms with van der Waals surface area (Å²) in [5.74, 6) is -1.40. The molecule has 1 aliphatic heterocycles. The Kier molecular flexibility index (Phi) is 3.66. The topological polar surface area (TPSA) is 77.8 Å². The molecule has 2 fully saturated rings. The van der Waals surface area contributed by atoms with Gasteiger partial charge in [0.2, 0.25) is 5.91 Å². The number of carboxylic acid groups (broad SMARTS) is 1. The number of aliphatic carboxylic acids is 1. The van der Waals surface area contributed by atoms with E-state index in [4.69, 9.17) is 5.11 Å². The van der Waals surface area contributed by atoms with Gasteiger partial charge in [-0.3, -0.25) is 9.59 Å². The Morgan fingerprint density at radius 2 is 2.06 bits per heavy atom. The number of hydrogen-bond acceptors (Lipinski definition) is 3. The number of hydrogen-bond donors (Lipinski definition) is 2. The van der Waals surface area contributed by atoms with Crippen molar-refractivity contribution in [3.63, 3.8) is 0 Å². The SMILES string of the molecule is O=C(O)C1CC(=O)N(C2CCCCC2CO)C1. The molecule has 0 bridgehead atoms. The normalized spacial score (nSPS) is 34.1. The lowest BCUT2D eigenvalue weighted by Gasteiger charge is -2.37. The van der Waals surface area contributed by atoms with Gasteiger partial charge in [0.05, 0.1) is 5.92 Å². The van der Waals surface area contributed by atoms with Crippen LogP contribution in [0.3, 0.4) is 0 Å². The highest BCUT2D eigenvalue weighted by molar-refractivity contribution is 5.86. The van der Waals surface area contributed by atoms with Crippen LogP contribution >= 0.6 is 0 Å². The first-order valence-corrected chi connectivity index (χ1v) is 6.26. The fraction of sp³-hybridized carbons (Fsp3) is 0.833. The van der Waals surface area contributed by atoms with Crippen LogP contribution in [0.15, 0.2) is 0 Å². The van der Waals surface area contributed by atoms with E-state index in [9.17, 15) is 14.7 Å². The molecule has 1 amide bonds. The van der Waals surface area contributed by atoms with Gasteiger partial charge in [-0.25, -0.2) is 0 Å². The third-order valence-corrected chi connectivity index (χ3v) is 4.01. The van der Waals surface area contributed by atoms with E-state index in [1.165, 1.54) is 0 Å². The summed E-state index contributed by atoms with van der Waals surface area (Å²) >= 11 is 0. The van der Waals surface area contributed by atoms with E-state index in [1.807, 2.05) is 0 Å². The van der Waals surface area contributed by atoms with Crippen molar-refractivity contribution in [1.82, 2.24) is 4.90 Å². The summed E-state index contributed by atoms with van der Waals surface area (Å²) in [5, 5.41) is 18.3. The Morgan fingerprint density at radius 3 is 2.65 bits per heavy atom. The second-order valence-corrected chi connectivity index (χ2v) is 5.08. The van der Waals surface area contributed by atoms with Crippen LogP contribution in [0.1, 0.15) is 32.1 Å². The van der Waals surface area contributed by atoms with Crippen molar-refractivity contribution in [2.45, 2.75) is 38.1 Å². The van der Waals surface area contributed by atoms with E-state index in [0.717, 1.165) is 25.7 Å². The lowest BCUT2D eigenvalue weighted by molar-refractivity contribution is -0.141. The lowest BCUT2D eigenvalue weighted by atomic mass is 9.84. The molecule has 5 heteroatoms. The summed E-state index contributed by atoms with van der Waals surface area (Å²) in [6.07, 6.45) is 4.09. The Morgan fingerprint density at radius 1 is 1.35 bits per heavy atom. The summed E-state index contributed by atoms with van der Waals surface area (Å²) in [6.45, 7) is 0.404. The number of likely N-dealkylation sites (tertiary alicyclic amines) is 1.